The molecule has 11 heteroatoms. The summed E-state index contributed by atoms with van der Waals surface area (Å²) in [5.41, 5.74) is 1.40. The zero-order valence-electron chi connectivity index (χ0n) is 23.0. The first-order valence-electron chi connectivity index (χ1n) is 13.7. The second-order valence-electron chi connectivity index (χ2n) is 10.7. The molecule has 42 heavy (non-hydrogen) atoms. The Morgan fingerprint density at radius 1 is 1.07 bits per heavy atom. The Labute approximate surface area is 246 Å². The molecule has 218 valence electrons. The highest BCUT2D eigenvalue weighted by Gasteiger charge is 2.60. The fraction of sp³-hybridized carbons (Fsp3) is 0.323. The fourth-order valence-electron chi connectivity index (χ4n) is 6.35. The predicted octanol–water partition coefficient (Wildman–Crippen LogP) is 6.20. The number of hydrogen-bond acceptors (Lipinski definition) is 6. The molecule has 3 aromatic rings. The topological polar surface area (TPSA) is 65.5 Å². The van der Waals surface area contributed by atoms with Gasteiger partial charge in [0, 0.05) is 36.0 Å². The summed E-state index contributed by atoms with van der Waals surface area (Å²) in [6, 6.07) is 17.2. The molecular weight excluding hydrogens is 569 g/mol. The molecule has 2 atom stereocenters. The number of hydrogen-bond donors (Lipinski definition) is 0. The van der Waals surface area contributed by atoms with Gasteiger partial charge in [-0.05, 0) is 86.5 Å². The van der Waals surface area contributed by atoms with Crippen LogP contribution in [-0.4, -0.2) is 49.9 Å². The molecule has 1 fully saturated rings. The first-order valence-corrected chi connectivity index (χ1v) is 14.1. The van der Waals surface area contributed by atoms with E-state index < -0.39 is 29.2 Å². The van der Waals surface area contributed by atoms with Gasteiger partial charge in [-0.3, -0.25) is 4.79 Å². The molecule has 3 aliphatic rings. The van der Waals surface area contributed by atoms with E-state index in [0.717, 1.165) is 17.8 Å². The van der Waals surface area contributed by atoms with Crippen LogP contribution in [0.3, 0.4) is 0 Å². The minimum Gasteiger partial charge on any atom is -0.462 e. The molecule has 3 aliphatic heterocycles. The monoisotopic (exact) mass is 596 g/mol. The molecule has 0 unspecified atom stereocenters. The maximum atomic E-state index is 14.5. The molecule has 0 aromatic heterocycles. The molecule has 6 rings (SSSR count). The van der Waals surface area contributed by atoms with E-state index in [-0.39, 0.29) is 18.9 Å². The molecule has 0 bridgehead atoms. The van der Waals surface area contributed by atoms with Crippen molar-refractivity contribution in [1.29, 1.82) is 0 Å². The summed E-state index contributed by atoms with van der Waals surface area (Å²) < 4.78 is 46.3. The number of hydrazone groups is 1. The van der Waals surface area contributed by atoms with E-state index in [9.17, 15) is 22.8 Å². The number of halogens is 4. The van der Waals surface area contributed by atoms with Crippen molar-refractivity contribution in [3.63, 3.8) is 0 Å². The number of ether oxygens (including phenoxy) is 1. The number of rotatable bonds is 4. The molecule has 0 radical (unpaired) electrons. The smallest absolute Gasteiger partial charge is 0.416 e. The number of benzene rings is 3. The van der Waals surface area contributed by atoms with Gasteiger partial charge in [0.25, 0.3) is 5.91 Å². The number of amides is 1. The van der Waals surface area contributed by atoms with E-state index in [4.69, 9.17) is 16.3 Å². The second-order valence-corrected chi connectivity index (χ2v) is 11.1. The molecule has 0 saturated carbocycles. The van der Waals surface area contributed by atoms with Crippen LogP contribution in [0.5, 0.6) is 0 Å². The van der Waals surface area contributed by atoms with Crippen molar-refractivity contribution in [2.45, 2.75) is 32.5 Å². The molecule has 3 heterocycles. The van der Waals surface area contributed by atoms with Crippen LogP contribution in [0.4, 0.5) is 30.2 Å². The van der Waals surface area contributed by atoms with Crippen molar-refractivity contribution in [2.75, 3.05) is 41.0 Å². The number of esters is 1. The highest BCUT2D eigenvalue weighted by atomic mass is 35.5. The van der Waals surface area contributed by atoms with Gasteiger partial charge in [-0.2, -0.15) is 23.3 Å². The normalized spacial score (nSPS) is 21.8. The minimum absolute atomic E-state index is 0.0718. The number of fused-ring (bicyclic) bond motifs is 4. The van der Waals surface area contributed by atoms with Crippen molar-refractivity contribution < 1.29 is 27.5 Å². The Hall–Kier alpha value is -4.05. The van der Waals surface area contributed by atoms with E-state index >= 15 is 0 Å². The molecule has 1 amide bonds. The number of piperazine rings is 1. The number of anilines is 3. The minimum atomic E-state index is -4.51. The summed E-state index contributed by atoms with van der Waals surface area (Å²) in [6.07, 6.45) is -4.44. The van der Waals surface area contributed by atoms with Gasteiger partial charge in [0.2, 0.25) is 0 Å². The Bertz CT molecular complexity index is 1590. The van der Waals surface area contributed by atoms with Gasteiger partial charge in [0.15, 0.2) is 0 Å². The van der Waals surface area contributed by atoms with Gasteiger partial charge in [0.05, 0.1) is 35.2 Å². The van der Waals surface area contributed by atoms with Crippen LogP contribution in [0.15, 0.2) is 71.8 Å². The number of alkyl halides is 3. The molecule has 0 N–H and O–H groups in total. The van der Waals surface area contributed by atoms with Crippen LogP contribution in [0.25, 0.3) is 0 Å². The SMILES string of the molecule is CCOC(=O)c1ccc(N2N=C(C)[C@@]3(Cc4cc(C(F)(F)F)ccc4N4CCN(c5cccc(Cl)c5)C[C@@H]43)C2=O)cc1. The van der Waals surface area contributed by atoms with Crippen LogP contribution in [0.1, 0.15) is 35.3 Å². The average Bonchev–Trinajstić information content (AvgIpc) is 3.22. The standard InChI is InChI=1S/C31H28ClF3N4O3/c1-3-42-28(40)20-7-10-24(11-8-20)39-29(41)30(19(2)36-39)17-21-15-22(31(33,34)35)9-12-26(21)38-14-13-37(18-27(30)38)25-6-4-5-23(32)16-25/h4-12,15-16,27H,3,13-14,17-18H2,1-2H3/t27-,30-/m1/s1. The Morgan fingerprint density at radius 3 is 2.52 bits per heavy atom. The molecule has 1 saturated heterocycles. The van der Waals surface area contributed by atoms with Crippen LogP contribution >= 0.6 is 11.6 Å². The van der Waals surface area contributed by atoms with Crippen molar-refractivity contribution in [2.24, 2.45) is 10.5 Å². The summed E-state index contributed by atoms with van der Waals surface area (Å²) >= 11 is 6.28. The van der Waals surface area contributed by atoms with Crippen molar-refractivity contribution >= 4 is 46.3 Å². The van der Waals surface area contributed by atoms with Gasteiger partial charge >= 0.3 is 12.1 Å². The first kappa shape index (κ1) is 28.1. The lowest BCUT2D eigenvalue weighted by Gasteiger charge is -2.53. The van der Waals surface area contributed by atoms with Crippen LogP contribution in [0, 0.1) is 5.41 Å². The van der Waals surface area contributed by atoms with Crippen LogP contribution in [0.2, 0.25) is 5.02 Å². The Balaban J connectivity index is 1.42. The Morgan fingerprint density at radius 2 is 1.83 bits per heavy atom. The third-order valence-electron chi connectivity index (χ3n) is 8.40. The van der Waals surface area contributed by atoms with Crippen molar-refractivity contribution in [3.8, 4) is 0 Å². The third kappa shape index (κ3) is 4.58. The summed E-state index contributed by atoms with van der Waals surface area (Å²) in [5, 5.41) is 6.56. The van der Waals surface area contributed by atoms with Gasteiger partial charge in [-0.1, -0.05) is 17.7 Å². The maximum absolute atomic E-state index is 14.5. The van der Waals surface area contributed by atoms with E-state index in [0.29, 0.717) is 52.9 Å². The lowest BCUT2D eigenvalue weighted by atomic mass is 9.67. The number of carbonyl (C=O) groups is 2. The quantitative estimate of drug-likeness (QED) is 0.336. The van der Waals surface area contributed by atoms with Gasteiger partial charge < -0.3 is 14.5 Å². The first-order chi connectivity index (χ1) is 20.0. The molecule has 0 aliphatic carbocycles. The summed E-state index contributed by atoms with van der Waals surface area (Å²) in [5.74, 6) is -0.800. The molecule has 1 spiro atoms. The lowest BCUT2D eigenvalue weighted by molar-refractivity contribution is -0.137. The highest BCUT2D eigenvalue weighted by Crippen LogP contribution is 2.49. The van der Waals surface area contributed by atoms with Gasteiger partial charge in [-0.25, -0.2) is 4.79 Å². The maximum Gasteiger partial charge on any atom is 0.416 e. The highest BCUT2D eigenvalue weighted by molar-refractivity contribution is 6.30. The third-order valence-corrected chi connectivity index (χ3v) is 8.64. The zero-order chi connectivity index (χ0) is 29.8. The second kappa shape index (κ2) is 10.3. The number of nitrogens with zero attached hydrogens (tertiary/aromatic N) is 4. The molecular formula is C31H28ClF3N4O3. The summed E-state index contributed by atoms with van der Waals surface area (Å²) in [6.45, 7) is 5.24. The van der Waals surface area contributed by atoms with E-state index in [1.165, 1.54) is 11.1 Å². The largest absolute Gasteiger partial charge is 0.462 e. The van der Waals surface area contributed by atoms with Crippen LogP contribution < -0.4 is 14.8 Å². The number of carbonyl (C=O) groups excluding carboxylic acids is 2. The zero-order valence-corrected chi connectivity index (χ0v) is 23.7. The van der Waals surface area contributed by atoms with Gasteiger partial charge in [-0.15, -0.1) is 0 Å². The summed E-state index contributed by atoms with van der Waals surface area (Å²) in [4.78, 5) is 30.9. The molecule has 3 aromatic carbocycles. The average molecular weight is 597 g/mol. The van der Waals surface area contributed by atoms with E-state index in [1.54, 1.807) is 44.2 Å². The van der Waals surface area contributed by atoms with E-state index in [1.807, 2.05) is 18.2 Å². The predicted molar refractivity (Wildman–Crippen MR) is 155 cm³/mol. The van der Waals surface area contributed by atoms with Gasteiger partial charge in [0.1, 0.15) is 5.41 Å². The Kier molecular flexibility index (Phi) is 6.92. The summed E-state index contributed by atoms with van der Waals surface area (Å²) in [7, 11) is 0. The fourth-order valence-corrected chi connectivity index (χ4v) is 6.53. The van der Waals surface area contributed by atoms with Crippen molar-refractivity contribution in [1.82, 2.24) is 0 Å². The molecule has 7 nitrogen and oxygen atoms in total. The van der Waals surface area contributed by atoms with Crippen LogP contribution in [-0.2, 0) is 22.1 Å². The van der Waals surface area contributed by atoms with Crippen molar-refractivity contribution in [3.05, 3.63) is 88.4 Å². The van der Waals surface area contributed by atoms with E-state index in [2.05, 4.69) is 14.9 Å². The lowest BCUT2D eigenvalue weighted by Crippen LogP contribution is -2.67.